The van der Waals surface area contributed by atoms with E-state index in [-0.39, 0.29) is 16.9 Å². The topological polar surface area (TPSA) is 83.1 Å². The van der Waals surface area contributed by atoms with Crippen LogP contribution >= 0.6 is 11.3 Å². The lowest BCUT2D eigenvalue weighted by molar-refractivity contribution is 0.0978. The van der Waals surface area contributed by atoms with Gasteiger partial charge in [-0.2, -0.15) is 4.31 Å². The van der Waals surface area contributed by atoms with Crippen LogP contribution in [-0.4, -0.2) is 81.0 Å². The van der Waals surface area contributed by atoms with Crippen molar-refractivity contribution in [2.45, 2.75) is 44.6 Å². The van der Waals surface area contributed by atoms with Crippen molar-refractivity contribution in [1.29, 1.82) is 0 Å². The van der Waals surface area contributed by atoms with Gasteiger partial charge >= 0.3 is 0 Å². The number of aromatic nitrogens is 1. The Morgan fingerprint density at radius 2 is 1.84 bits per heavy atom. The number of fused-ring (bicyclic) bond motifs is 1. The van der Waals surface area contributed by atoms with E-state index in [4.69, 9.17) is 9.72 Å². The van der Waals surface area contributed by atoms with Gasteiger partial charge in [-0.3, -0.25) is 9.69 Å². The molecule has 1 amide bonds. The summed E-state index contributed by atoms with van der Waals surface area (Å²) in [6.07, 6.45) is 1.74. The molecule has 0 saturated carbocycles. The fourth-order valence-corrected chi connectivity index (χ4v) is 6.80. The zero-order valence-electron chi connectivity index (χ0n) is 22.0. The number of thiazole rings is 1. The van der Waals surface area contributed by atoms with Gasteiger partial charge in [-0.25, -0.2) is 13.4 Å². The van der Waals surface area contributed by atoms with Crippen molar-refractivity contribution in [1.82, 2.24) is 14.2 Å². The minimum Gasteiger partial charge on any atom is -0.377 e. The molecule has 0 radical (unpaired) electrons. The molecule has 10 heteroatoms. The van der Waals surface area contributed by atoms with Crippen LogP contribution in [0.5, 0.6) is 0 Å². The molecule has 0 N–H and O–H groups in total. The van der Waals surface area contributed by atoms with Crippen molar-refractivity contribution in [2.75, 3.05) is 51.3 Å². The molecule has 0 spiro atoms. The third kappa shape index (κ3) is 6.21. The van der Waals surface area contributed by atoms with Crippen LogP contribution in [0.15, 0.2) is 47.4 Å². The molecule has 37 heavy (non-hydrogen) atoms. The van der Waals surface area contributed by atoms with Crippen LogP contribution in [0.4, 0.5) is 5.13 Å². The third-order valence-electron chi connectivity index (χ3n) is 6.91. The molecule has 1 aromatic heterocycles. The maximum absolute atomic E-state index is 13.7. The summed E-state index contributed by atoms with van der Waals surface area (Å²) < 4.78 is 34.1. The largest absolute Gasteiger partial charge is 0.377 e. The van der Waals surface area contributed by atoms with Crippen LogP contribution in [0.25, 0.3) is 10.2 Å². The molecule has 1 saturated heterocycles. The standard InChI is InChI=1S/C27H36N4O4S2/c1-5-30(6-2)16-17-31(27-28-25-20(3)9-7-11-24(25)36-27)26(32)21-12-14-23(15-13-21)37(33,34)29(4)19-22-10-8-18-35-22/h7,9,11-15,22H,5-6,8,10,16-19H2,1-4H3. The Morgan fingerprint density at radius 1 is 1.11 bits per heavy atom. The normalized spacial score (nSPS) is 16.2. The molecule has 2 heterocycles. The monoisotopic (exact) mass is 544 g/mol. The molecular weight excluding hydrogens is 508 g/mol. The predicted molar refractivity (Wildman–Crippen MR) is 149 cm³/mol. The van der Waals surface area contributed by atoms with Crippen LogP contribution in [0.1, 0.15) is 42.6 Å². The number of sulfonamides is 1. The van der Waals surface area contributed by atoms with Gasteiger partial charge < -0.3 is 9.64 Å². The molecule has 0 aliphatic carbocycles. The Hall–Kier alpha value is -2.37. The zero-order chi connectivity index (χ0) is 26.6. The maximum atomic E-state index is 13.7. The number of hydrogen-bond acceptors (Lipinski definition) is 7. The van der Waals surface area contributed by atoms with Gasteiger partial charge in [0.05, 0.1) is 21.2 Å². The van der Waals surface area contributed by atoms with Gasteiger partial charge in [-0.1, -0.05) is 37.3 Å². The summed E-state index contributed by atoms with van der Waals surface area (Å²) in [4.78, 5) is 22.7. The smallest absolute Gasteiger partial charge is 0.260 e. The van der Waals surface area contributed by atoms with Crippen molar-refractivity contribution in [3.8, 4) is 0 Å². The van der Waals surface area contributed by atoms with Crippen molar-refractivity contribution in [3.63, 3.8) is 0 Å². The molecule has 1 atom stereocenters. The molecule has 0 bridgehead atoms. The van der Waals surface area contributed by atoms with Gasteiger partial charge in [0.15, 0.2) is 5.13 Å². The molecule has 3 aromatic rings. The lowest BCUT2D eigenvalue weighted by Gasteiger charge is -2.25. The zero-order valence-corrected chi connectivity index (χ0v) is 23.6. The SMILES string of the molecule is CCN(CC)CCN(C(=O)c1ccc(S(=O)(=O)N(C)CC2CCCO2)cc1)c1nc2c(C)cccc2s1. The van der Waals surface area contributed by atoms with E-state index in [9.17, 15) is 13.2 Å². The number of nitrogens with zero attached hydrogens (tertiary/aromatic N) is 4. The Morgan fingerprint density at radius 3 is 2.46 bits per heavy atom. The van der Waals surface area contributed by atoms with Gasteiger partial charge in [0, 0.05) is 38.9 Å². The van der Waals surface area contributed by atoms with Crippen LogP contribution in [0, 0.1) is 6.92 Å². The number of anilines is 1. The second-order valence-electron chi connectivity index (χ2n) is 9.35. The number of hydrogen-bond donors (Lipinski definition) is 0. The average Bonchev–Trinajstić information content (AvgIpc) is 3.57. The average molecular weight is 545 g/mol. The minimum absolute atomic E-state index is 0.0718. The van der Waals surface area contributed by atoms with Crippen LogP contribution in [0.3, 0.4) is 0 Å². The molecule has 200 valence electrons. The predicted octanol–water partition coefficient (Wildman–Crippen LogP) is 4.39. The highest BCUT2D eigenvalue weighted by Gasteiger charge is 2.27. The molecule has 1 unspecified atom stereocenters. The van der Waals surface area contributed by atoms with Crippen molar-refractivity contribution >= 4 is 42.6 Å². The highest BCUT2D eigenvalue weighted by atomic mass is 32.2. The van der Waals surface area contributed by atoms with E-state index in [1.807, 2.05) is 25.1 Å². The number of benzene rings is 2. The summed E-state index contributed by atoms with van der Waals surface area (Å²) in [5.74, 6) is -0.194. The van der Waals surface area contributed by atoms with Crippen LogP contribution < -0.4 is 4.90 Å². The number of likely N-dealkylation sites (N-methyl/N-ethyl adjacent to an activating group) is 2. The summed E-state index contributed by atoms with van der Waals surface area (Å²) >= 11 is 1.50. The van der Waals surface area contributed by atoms with Gasteiger partial charge in [-0.15, -0.1) is 0 Å². The molecule has 2 aromatic carbocycles. The van der Waals surface area contributed by atoms with Gasteiger partial charge in [0.1, 0.15) is 0 Å². The number of amides is 1. The van der Waals surface area contributed by atoms with E-state index in [1.54, 1.807) is 24.1 Å². The van der Waals surface area contributed by atoms with E-state index in [0.717, 1.165) is 41.7 Å². The number of carbonyl (C=O) groups is 1. The lowest BCUT2D eigenvalue weighted by atomic mass is 10.2. The van der Waals surface area contributed by atoms with Gasteiger partial charge in [0.25, 0.3) is 5.91 Å². The first kappa shape index (κ1) is 27.7. The van der Waals surface area contributed by atoms with E-state index in [0.29, 0.717) is 36.9 Å². The molecule has 1 fully saturated rings. The highest BCUT2D eigenvalue weighted by Crippen LogP contribution is 2.31. The quantitative estimate of drug-likeness (QED) is 0.356. The van der Waals surface area contributed by atoms with Crippen molar-refractivity contribution < 1.29 is 17.9 Å². The second kappa shape index (κ2) is 12.0. The molecule has 1 aliphatic heterocycles. The molecule has 1 aliphatic rings. The first-order valence-electron chi connectivity index (χ1n) is 12.8. The molecule has 8 nitrogen and oxygen atoms in total. The van der Waals surface area contributed by atoms with Crippen molar-refractivity contribution in [3.05, 3.63) is 53.6 Å². The fourth-order valence-electron chi connectivity index (χ4n) is 4.53. The summed E-state index contributed by atoms with van der Waals surface area (Å²) in [5, 5.41) is 0.648. The molecular formula is C27H36N4O4S2. The summed E-state index contributed by atoms with van der Waals surface area (Å²) in [6, 6.07) is 12.2. The number of para-hydroxylation sites is 1. The number of carbonyl (C=O) groups excluding carboxylic acids is 1. The lowest BCUT2D eigenvalue weighted by Crippen LogP contribution is -2.39. The van der Waals surface area contributed by atoms with E-state index in [1.165, 1.54) is 27.8 Å². The third-order valence-corrected chi connectivity index (χ3v) is 9.80. The first-order chi connectivity index (χ1) is 17.7. The maximum Gasteiger partial charge on any atom is 0.260 e. The van der Waals surface area contributed by atoms with Crippen molar-refractivity contribution in [2.24, 2.45) is 0 Å². The fraction of sp³-hybridized carbons (Fsp3) is 0.481. The Kier molecular flexibility index (Phi) is 8.97. The molecule has 4 rings (SSSR count). The van der Waals surface area contributed by atoms with E-state index >= 15 is 0 Å². The van der Waals surface area contributed by atoms with Gasteiger partial charge in [0.2, 0.25) is 10.0 Å². The second-order valence-corrected chi connectivity index (χ2v) is 12.4. The first-order valence-corrected chi connectivity index (χ1v) is 15.1. The van der Waals surface area contributed by atoms with Crippen LogP contribution in [0.2, 0.25) is 0 Å². The Bertz CT molecular complexity index is 1310. The summed E-state index contributed by atoms with van der Waals surface area (Å²) in [7, 11) is -2.11. The van der Waals surface area contributed by atoms with E-state index in [2.05, 4.69) is 18.7 Å². The van der Waals surface area contributed by atoms with E-state index < -0.39 is 10.0 Å². The number of rotatable bonds is 11. The Labute approximate surface area is 223 Å². The summed E-state index contributed by atoms with van der Waals surface area (Å²) in [5.41, 5.74) is 2.40. The van der Waals surface area contributed by atoms with Crippen LogP contribution in [-0.2, 0) is 14.8 Å². The van der Waals surface area contributed by atoms with Gasteiger partial charge in [-0.05, 0) is 68.8 Å². The Balaban J connectivity index is 1.58. The summed E-state index contributed by atoms with van der Waals surface area (Å²) in [6.45, 7) is 10.2. The highest BCUT2D eigenvalue weighted by molar-refractivity contribution is 7.89. The number of aryl methyl sites for hydroxylation is 1. The number of ether oxygens (including phenoxy) is 1. The minimum atomic E-state index is -3.68.